The van der Waals surface area contributed by atoms with E-state index in [1.807, 2.05) is 0 Å². The lowest BCUT2D eigenvalue weighted by Crippen LogP contribution is -2.33. The normalized spacial score (nSPS) is 19.6. The van der Waals surface area contributed by atoms with Crippen molar-refractivity contribution in [2.45, 2.75) is 16.6 Å². The minimum absolute atomic E-state index is 0.0172. The lowest BCUT2D eigenvalue weighted by molar-refractivity contribution is 0.0948. The summed E-state index contributed by atoms with van der Waals surface area (Å²) in [5.41, 5.74) is -0.837. The van der Waals surface area contributed by atoms with E-state index in [4.69, 9.17) is 11.6 Å². The number of aromatic hydroxyl groups is 2. The number of benzene rings is 2. The van der Waals surface area contributed by atoms with Crippen LogP contribution in [0.1, 0.15) is 27.1 Å². The highest BCUT2D eigenvalue weighted by Gasteiger charge is 2.42. The van der Waals surface area contributed by atoms with Gasteiger partial charge >= 0.3 is 0 Å². The van der Waals surface area contributed by atoms with Gasteiger partial charge in [0.2, 0.25) is 11.6 Å². The van der Waals surface area contributed by atoms with Gasteiger partial charge in [0.15, 0.2) is 9.84 Å². The van der Waals surface area contributed by atoms with Crippen LogP contribution in [0, 0.1) is 0 Å². The highest BCUT2D eigenvalue weighted by atomic mass is 35.5. The molecule has 1 fully saturated rings. The molecular weight excluding hydrogens is 418 g/mol. The molecule has 2 aromatic carbocycles. The second-order valence-electron chi connectivity index (χ2n) is 6.89. The van der Waals surface area contributed by atoms with Gasteiger partial charge in [-0.1, -0.05) is 29.8 Å². The predicted octanol–water partition coefficient (Wildman–Crippen LogP) is 2.48. The number of phenols is 2. The summed E-state index contributed by atoms with van der Waals surface area (Å²) in [5, 5.41) is 18.9. The molecule has 9 heteroatoms. The summed E-state index contributed by atoms with van der Waals surface area (Å²) >= 11 is 6.16. The van der Waals surface area contributed by atoms with Gasteiger partial charge in [-0.25, -0.2) is 8.42 Å². The molecule has 0 amide bonds. The molecule has 2 aliphatic rings. The SMILES string of the molecule is O=C1C(Cl)=C(N2CCC(S(=O)(=O)c3ccccc3)C2)C(=O)c2c(O)ccc(O)c21. The summed E-state index contributed by atoms with van der Waals surface area (Å²) in [7, 11) is -3.63. The maximum atomic E-state index is 13.0. The summed E-state index contributed by atoms with van der Waals surface area (Å²) in [6, 6.07) is 10.2. The molecule has 0 saturated carbocycles. The standard InChI is InChI=1S/C20H16ClNO6S/c21-17-18(20(26)16-14(24)7-6-13(23)15(16)19(17)25)22-9-8-12(10-22)29(27,28)11-4-2-1-3-5-11/h1-7,12,23-24H,8-10H2. The van der Waals surface area contributed by atoms with Crippen molar-refractivity contribution in [3.8, 4) is 11.5 Å². The first-order chi connectivity index (χ1) is 13.7. The highest BCUT2D eigenvalue weighted by Crippen LogP contribution is 2.40. The summed E-state index contributed by atoms with van der Waals surface area (Å²) in [6.45, 7) is 0.187. The second-order valence-corrected chi connectivity index (χ2v) is 9.50. The number of likely N-dealkylation sites (tertiary alicyclic amines) is 1. The first kappa shape index (κ1) is 19.5. The number of carbonyl (C=O) groups excluding carboxylic acids is 2. The maximum Gasteiger partial charge on any atom is 0.215 e. The molecule has 1 atom stereocenters. The van der Waals surface area contributed by atoms with Crippen molar-refractivity contribution in [1.29, 1.82) is 0 Å². The number of nitrogens with zero attached hydrogens (tertiary/aromatic N) is 1. The van der Waals surface area contributed by atoms with Crippen molar-refractivity contribution in [2.24, 2.45) is 0 Å². The molecule has 2 N–H and O–H groups in total. The van der Waals surface area contributed by atoms with Gasteiger partial charge in [-0.15, -0.1) is 0 Å². The van der Waals surface area contributed by atoms with Gasteiger partial charge in [-0.05, 0) is 30.7 Å². The fraction of sp³-hybridized carbons (Fsp3) is 0.200. The Kier molecular flexibility index (Phi) is 4.63. The van der Waals surface area contributed by atoms with Gasteiger partial charge < -0.3 is 15.1 Å². The molecule has 1 saturated heterocycles. The number of hydrogen-bond donors (Lipinski definition) is 2. The summed E-state index contributed by atoms with van der Waals surface area (Å²) in [6.07, 6.45) is 0.255. The van der Waals surface area contributed by atoms with E-state index in [-0.39, 0.29) is 41.2 Å². The minimum Gasteiger partial charge on any atom is -0.507 e. The Morgan fingerprint density at radius 1 is 0.931 bits per heavy atom. The fourth-order valence-corrected chi connectivity index (χ4v) is 5.76. The number of allylic oxidation sites excluding steroid dienone is 2. The summed E-state index contributed by atoms with van der Waals surface area (Å²) < 4.78 is 25.8. The van der Waals surface area contributed by atoms with Gasteiger partial charge in [0.05, 0.1) is 21.3 Å². The van der Waals surface area contributed by atoms with E-state index in [0.29, 0.717) is 0 Å². The number of hydrogen-bond acceptors (Lipinski definition) is 7. The monoisotopic (exact) mass is 433 g/mol. The Morgan fingerprint density at radius 3 is 2.14 bits per heavy atom. The first-order valence-corrected chi connectivity index (χ1v) is 10.7. The fourth-order valence-electron chi connectivity index (χ4n) is 3.75. The van der Waals surface area contributed by atoms with Gasteiger partial charge in [0, 0.05) is 13.1 Å². The topological polar surface area (TPSA) is 112 Å². The van der Waals surface area contributed by atoms with Crippen molar-refractivity contribution < 1.29 is 28.2 Å². The van der Waals surface area contributed by atoms with Crippen LogP contribution in [0.3, 0.4) is 0 Å². The molecular formula is C20H16ClNO6S. The number of ketones is 2. The Labute approximate surface area is 171 Å². The average Bonchev–Trinajstić information content (AvgIpc) is 3.19. The van der Waals surface area contributed by atoms with Crippen LogP contribution >= 0.6 is 11.6 Å². The zero-order chi connectivity index (χ0) is 20.9. The van der Waals surface area contributed by atoms with E-state index in [0.717, 1.165) is 12.1 Å². The maximum absolute atomic E-state index is 13.0. The van der Waals surface area contributed by atoms with Crippen LogP contribution in [0.15, 0.2) is 58.1 Å². The number of halogens is 1. The molecule has 0 aromatic heterocycles. The number of rotatable bonds is 3. The van der Waals surface area contributed by atoms with Crippen LogP contribution in [0.25, 0.3) is 0 Å². The number of sulfone groups is 1. The van der Waals surface area contributed by atoms with Crippen LogP contribution in [0.2, 0.25) is 0 Å². The molecule has 150 valence electrons. The van der Waals surface area contributed by atoms with E-state index in [9.17, 15) is 28.2 Å². The second kappa shape index (κ2) is 6.89. The van der Waals surface area contributed by atoms with Crippen LogP contribution < -0.4 is 0 Å². The molecule has 1 aliphatic heterocycles. The third-order valence-corrected chi connectivity index (χ3v) is 7.75. The van der Waals surface area contributed by atoms with Crippen molar-refractivity contribution in [3.05, 3.63) is 64.3 Å². The average molecular weight is 434 g/mol. The zero-order valence-electron chi connectivity index (χ0n) is 15.0. The predicted molar refractivity (Wildman–Crippen MR) is 105 cm³/mol. The molecule has 0 spiro atoms. The minimum atomic E-state index is -3.63. The first-order valence-electron chi connectivity index (χ1n) is 8.81. The van der Waals surface area contributed by atoms with E-state index >= 15 is 0 Å². The number of fused-ring (bicyclic) bond motifs is 1. The zero-order valence-corrected chi connectivity index (χ0v) is 16.6. The van der Waals surface area contributed by atoms with Gasteiger partial charge in [-0.2, -0.15) is 0 Å². The molecule has 0 bridgehead atoms. The molecule has 29 heavy (non-hydrogen) atoms. The van der Waals surface area contributed by atoms with Crippen LogP contribution in [-0.4, -0.2) is 53.4 Å². The van der Waals surface area contributed by atoms with Gasteiger partial charge in [0.1, 0.15) is 22.2 Å². The van der Waals surface area contributed by atoms with Crippen molar-refractivity contribution >= 4 is 33.0 Å². The van der Waals surface area contributed by atoms with E-state index in [1.54, 1.807) is 18.2 Å². The third kappa shape index (κ3) is 2.99. The summed E-state index contributed by atoms with van der Waals surface area (Å²) in [5.74, 6) is -2.43. The molecule has 1 unspecified atom stereocenters. The Bertz CT molecular complexity index is 1170. The number of phenolic OH excluding ortho intramolecular Hbond substituents is 2. The van der Waals surface area contributed by atoms with E-state index in [1.165, 1.54) is 17.0 Å². The Balaban J connectivity index is 1.70. The molecule has 0 radical (unpaired) electrons. The van der Waals surface area contributed by atoms with Crippen molar-refractivity contribution in [2.75, 3.05) is 13.1 Å². The van der Waals surface area contributed by atoms with Crippen LogP contribution in [-0.2, 0) is 9.84 Å². The highest BCUT2D eigenvalue weighted by molar-refractivity contribution is 7.92. The number of Topliss-reactive ketones (excluding diaryl/α,β-unsaturated/α-hetero) is 2. The molecule has 1 aliphatic carbocycles. The molecule has 7 nitrogen and oxygen atoms in total. The van der Waals surface area contributed by atoms with Gasteiger partial charge in [-0.3, -0.25) is 9.59 Å². The van der Waals surface area contributed by atoms with E-state index < -0.39 is 43.2 Å². The lowest BCUT2D eigenvalue weighted by Gasteiger charge is -2.26. The molecule has 4 rings (SSSR count). The molecule has 1 heterocycles. The third-order valence-electron chi connectivity index (χ3n) is 5.21. The Hall–Kier alpha value is -2.84. The van der Waals surface area contributed by atoms with Crippen LogP contribution in [0.5, 0.6) is 11.5 Å². The largest absolute Gasteiger partial charge is 0.507 e. The quantitative estimate of drug-likeness (QED) is 0.715. The summed E-state index contributed by atoms with van der Waals surface area (Å²) in [4.78, 5) is 27.3. The van der Waals surface area contributed by atoms with Gasteiger partial charge in [0.25, 0.3) is 0 Å². The van der Waals surface area contributed by atoms with Crippen LogP contribution in [0.4, 0.5) is 0 Å². The van der Waals surface area contributed by atoms with Crippen molar-refractivity contribution in [1.82, 2.24) is 4.90 Å². The number of carbonyl (C=O) groups is 2. The molecule has 2 aromatic rings. The van der Waals surface area contributed by atoms with Crippen molar-refractivity contribution in [3.63, 3.8) is 0 Å². The Morgan fingerprint density at radius 2 is 1.52 bits per heavy atom. The van der Waals surface area contributed by atoms with E-state index in [2.05, 4.69) is 0 Å². The smallest absolute Gasteiger partial charge is 0.215 e. The lowest BCUT2D eigenvalue weighted by atomic mass is 9.90.